The zero-order valence-electron chi connectivity index (χ0n) is 10.9. The van der Waals surface area contributed by atoms with Crippen LogP contribution < -0.4 is 4.80 Å². The number of fused-ring (bicyclic) bond motifs is 1. The summed E-state index contributed by atoms with van der Waals surface area (Å²) in [6, 6.07) is 7.06. The molecule has 0 unspecified atom stereocenters. The number of halogens is 1. The van der Waals surface area contributed by atoms with E-state index in [1.165, 1.54) is 17.6 Å². The Labute approximate surface area is 123 Å². The number of hydrogen-bond donors (Lipinski definition) is 0. The molecule has 0 bridgehead atoms. The van der Waals surface area contributed by atoms with Gasteiger partial charge in [-0.1, -0.05) is 29.0 Å². The second-order valence-electron chi connectivity index (χ2n) is 4.38. The predicted molar refractivity (Wildman–Crippen MR) is 79.1 cm³/mol. The number of hydrogen-bond acceptors (Lipinski definition) is 3. The van der Waals surface area contributed by atoms with Crippen molar-refractivity contribution in [3.63, 3.8) is 0 Å². The Morgan fingerprint density at radius 1 is 1.40 bits per heavy atom. The van der Waals surface area contributed by atoms with E-state index in [1.807, 2.05) is 30.7 Å². The zero-order valence-corrected chi connectivity index (χ0v) is 12.5. The van der Waals surface area contributed by atoms with Gasteiger partial charge in [0, 0.05) is 7.05 Å². The van der Waals surface area contributed by atoms with Crippen LogP contribution in [0.25, 0.3) is 10.2 Å². The van der Waals surface area contributed by atoms with Gasteiger partial charge in [-0.25, -0.2) is 0 Å². The fourth-order valence-corrected chi connectivity index (χ4v) is 3.42. The molecule has 0 aliphatic carbocycles. The van der Waals surface area contributed by atoms with Gasteiger partial charge in [0.15, 0.2) is 10.6 Å². The molecule has 0 aliphatic heterocycles. The summed E-state index contributed by atoms with van der Waals surface area (Å²) in [7, 11) is 1.87. The normalized spacial score (nSPS) is 12.2. The van der Waals surface area contributed by atoms with Crippen molar-refractivity contribution in [2.24, 2.45) is 12.0 Å². The number of carbonyl (C=O) groups is 1. The average molecular weight is 307 g/mol. The number of thiazole rings is 1. The number of nitrogens with zero attached hydrogens (tertiary/aromatic N) is 2. The van der Waals surface area contributed by atoms with Crippen LogP contribution in [-0.4, -0.2) is 10.5 Å². The SMILES string of the molecule is Cc1ccc(Cl)c2sc(=NC(=O)c3ccco3)n(C)c12. The Balaban J connectivity index is 2.23. The summed E-state index contributed by atoms with van der Waals surface area (Å²) >= 11 is 7.59. The van der Waals surface area contributed by atoms with Crippen LogP contribution in [0, 0.1) is 6.92 Å². The van der Waals surface area contributed by atoms with E-state index in [-0.39, 0.29) is 5.76 Å². The molecular formula is C14H11ClN2O2S. The van der Waals surface area contributed by atoms with Crippen molar-refractivity contribution in [1.29, 1.82) is 0 Å². The molecule has 0 fully saturated rings. The third-order valence-electron chi connectivity index (χ3n) is 3.03. The second-order valence-corrected chi connectivity index (χ2v) is 5.76. The number of aromatic nitrogens is 1. The number of furan rings is 1. The molecule has 4 nitrogen and oxygen atoms in total. The summed E-state index contributed by atoms with van der Waals surface area (Å²) in [5, 5.41) is 0.665. The molecule has 1 aromatic carbocycles. The fourth-order valence-electron chi connectivity index (χ4n) is 2.05. The standard InChI is InChI=1S/C14H11ClN2O2S/c1-8-5-6-9(15)12-11(8)17(2)14(20-12)16-13(18)10-4-3-7-19-10/h3-7H,1-2H3. The summed E-state index contributed by atoms with van der Waals surface area (Å²) in [5.74, 6) is -0.170. The largest absolute Gasteiger partial charge is 0.459 e. The Hall–Kier alpha value is -1.85. The van der Waals surface area contributed by atoms with E-state index in [2.05, 4.69) is 4.99 Å². The molecule has 0 radical (unpaired) electrons. The topological polar surface area (TPSA) is 47.5 Å². The van der Waals surface area contributed by atoms with Crippen LogP contribution in [0.1, 0.15) is 16.1 Å². The van der Waals surface area contributed by atoms with Gasteiger partial charge in [0.25, 0.3) is 0 Å². The Morgan fingerprint density at radius 3 is 2.85 bits per heavy atom. The molecule has 0 aliphatic rings. The van der Waals surface area contributed by atoms with Crippen LogP contribution in [0.15, 0.2) is 39.9 Å². The third kappa shape index (κ3) is 2.09. The van der Waals surface area contributed by atoms with Crippen LogP contribution in [0.4, 0.5) is 0 Å². The Morgan fingerprint density at radius 2 is 2.20 bits per heavy atom. The number of amides is 1. The molecule has 1 amide bonds. The first kappa shape index (κ1) is 13.1. The molecule has 2 aromatic heterocycles. The average Bonchev–Trinajstić information content (AvgIpc) is 3.04. The van der Waals surface area contributed by atoms with Crippen molar-refractivity contribution >= 4 is 39.1 Å². The van der Waals surface area contributed by atoms with Gasteiger partial charge >= 0.3 is 5.91 Å². The van der Waals surface area contributed by atoms with Crippen molar-refractivity contribution in [3.05, 3.63) is 51.7 Å². The summed E-state index contributed by atoms with van der Waals surface area (Å²) in [6.07, 6.45) is 1.45. The molecule has 0 N–H and O–H groups in total. The van der Waals surface area contributed by atoms with Crippen molar-refractivity contribution in [2.75, 3.05) is 0 Å². The second kappa shape index (κ2) is 4.92. The summed E-state index contributed by atoms with van der Waals surface area (Å²) in [6.45, 7) is 2.00. The highest BCUT2D eigenvalue weighted by molar-refractivity contribution is 7.17. The molecule has 2 heterocycles. The highest BCUT2D eigenvalue weighted by Gasteiger charge is 2.12. The van der Waals surface area contributed by atoms with Gasteiger partial charge in [0.1, 0.15) is 0 Å². The lowest BCUT2D eigenvalue weighted by atomic mass is 10.2. The first-order valence-corrected chi connectivity index (χ1v) is 7.14. The van der Waals surface area contributed by atoms with Crippen LogP contribution in [-0.2, 0) is 7.05 Å². The number of carbonyl (C=O) groups excluding carboxylic acids is 1. The van der Waals surface area contributed by atoms with Gasteiger partial charge in [-0.15, -0.1) is 0 Å². The van der Waals surface area contributed by atoms with Crippen LogP contribution >= 0.6 is 22.9 Å². The smallest absolute Gasteiger partial charge is 0.315 e. The van der Waals surface area contributed by atoms with Gasteiger partial charge in [-0.05, 0) is 30.7 Å². The maximum atomic E-state index is 12.0. The molecule has 6 heteroatoms. The highest BCUT2D eigenvalue weighted by atomic mass is 35.5. The van der Waals surface area contributed by atoms with Crippen molar-refractivity contribution in [1.82, 2.24) is 4.57 Å². The van der Waals surface area contributed by atoms with Crippen molar-refractivity contribution in [2.45, 2.75) is 6.92 Å². The molecule has 0 atom stereocenters. The van der Waals surface area contributed by atoms with E-state index < -0.39 is 5.91 Å². The minimum atomic E-state index is -0.397. The summed E-state index contributed by atoms with van der Waals surface area (Å²) in [5.41, 5.74) is 2.09. The molecule has 102 valence electrons. The van der Waals surface area contributed by atoms with Gasteiger partial charge in [0.2, 0.25) is 0 Å². The lowest BCUT2D eigenvalue weighted by molar-refractivity contribution is 0.0971. The van der Waals surface area contributed by atoms with E-state index >= 15 is 0 Å². The third-order valence-corrected chi connectivity index (χ3v) is 4.62. The molecule has 20 heavy (non-hydrogen) atoms. The maximum Gasteiger partial charge on any atom is 0.315 e. The zero-order chi connectivity index (χ0) is 14.3. The van der Waals surface area contributed by atoms with Crippen LogP contribution in [0.2, 0.25) is 5.02 Å². The number of rotatable bonds is 1. The first-order valence-electron chi connectivity index (χ1n) is 5.95. The molecule has 3 aromatic rings. The molecular weight excluding hydrogens is 296 g/mol. The predicted octanol–water partition coefficient (Wildman–Crippen LogP) is 3.54. The summed E-state index contributed by atoms with van der Waals surface area (Å²) < 4.78 is 7.86. The van der Waals surface area contributed by atoms with E-state index in [0.29, 0.717) is 9.82 Å². The molecule has 0 saturated heterocycles. The van der Waals surface area contributed by atoms with Gasteiger partial charge < -0.3 is 8.98 Å². The molecule has 0 spiro atoms. The minimum absolute atomic E-state index is 0.227. The van der Waals surface area contributed by atoms with Crippen LogP contribution in [0.3, 0.4) is 0 Å². The first-order chi connectivity index (χ1) is 9.58. The highest BCUT2D eigenvalue weighted by Crippen LogP contribution is 2.28. The monoisotopic (exact) mass is 306 g/mol. The van der Waals surface area contributed by atoms with Crippen molar-refractivity contribution in [3.8, 4) is 0 Å². The van der Waals surface area contributed by atoms with Gasteiger partial charge in [-0.2, -0.15) is 4.99 Å². The van der Waals surface area contributed by atoms with Gasteiger partial charge in [0.05, 0.1) is 21.5 Å². The maximum absolute atomic E-state index is 12.0. The molecule has 3 rings (SSSR count). The van der Waals surface area contributed by atoms with Gasteiger partial charge in [-0.3, -0.25) is 4.79 Å². The molecule has 0 saturated carbocycles. The van der Waals surface area contributed by atoms with E-state index in [0.717, 1.165) is 15.8 Å². The lowest BCUT2D eigenvalue weighted by Gasteiger charge is -2.00. The van der Waals surface area contributed by atoms with E-state index in [4.69, 9.17) is 16.0 Å². The van der Waals surface area contributed by atoms with E-state index in [9.17, 15) is 4.79 Å². The Kier molecular flexibility index (Phi) is 3.23. The van der Waals surface area contributed by atoms with E-state index in [1.54, 1.807) is 12.1 Å². The minimum Gasteiger partial charge on any atom is -0.459 e. The lowest BCUT2D eigenvalue weighted by Crippen LogP contribution is -2.13. The summed E-state index contributed by atoms with van der Waals surface area (Å²) in [4.78, 5) is 16.7. The fraction of sp³-hybridized carbons (Fsp3) is 0.143. The Bertz CT molecular complexity index is 859. The number of benzene rings is 1. The van der Waals surface area contributed by atoms with Crippen molar-refractivity contribution < 1.29 is 9.21 Å². The van der Waals surface area contributed by atoms with Crippen LogP contribution in [0.5, 0.6) is 0 Å². The quantitative estimate of drug-likeness (QED) is 0.690. The number of aryl methyl sites for hydroxylation is 2.